The normalized spacial score (nSPS) is 12.9. The lowest BCUT2D eigenvalue weighted by Gasteiger charge is -2.14. The SMILES string of the molecule is Cc1c(Cl)cccc1S(=O)(=O)NC(CC(=O)O)C(=O)O. The Bertz CT molecular complexity index is 642. The number of carboxylic acid groups (broad SMARTS) is 2. The molecule has 110 valence electrons. The quantitative estimate of drug-likeness (QED) is 0.714. The van der Waals surface area contributed by atoms with Crippen LogP contribution in [0.3, 0.4) is 0 Å². The number of carboxylic acids is 2. The summed E-state index contributed by atoms with van der Waals surface area (Å²) >= 11 is 5.80. The van der Waals surface area contributed by atoms with E-state index in [4.69, 9.17) is 21.8 Å². The van der Waals surface area contributed by atoms with Crippen molar-refractivity contribution in [3.63, 3.8) is 0 Å². The van der Waals surface area contributed by atoms with E-state index in [1.165, 1.54) is 25.1 Å². The van der Waals surface area contributed by atoms with Crippen molar-refractivity contribution in [2.45, 2.75) is 24.3 Å². The van der Waals surface area contributed by atoms with Crippen molar-refractivity contribution in [3.8, 4) is 0 Å². The lowest BCUT2D eigenvalue weighted by molar-refractivity contribution is -0.145. The third-order valence-electron chi connectivity index (χ3n) is 2.48. The maximum absolute atomic E-state index is 12.1. The molecule has 0 heterocycles. The van der Waals surface area contributed by atoms with Gasteiger partial charge in [-0.25, -0.2) is 8.42 Å². The van der Waals surface area contributed by atoms with Crippen LogP contribution in [0.15, 0.2) is 23.1 Å². The Kier molecular flexibility index (Phi) is 5.09. The minimum atomic E-state index is -4.18. The van der Waals surface area contributed by atoms with Gasteiger partial charge in [0.05, 0.1) is 11.3 Å². The second-order valence-corrected chi connectivity index (χ2v) is 6.06. The van der Waals surface area contributed by atoms with Gasteiger partial charge < -0.3 is 10.2 Å². The Morgan fingerprint density at radius 3 is 2.45 bits per heavy atom. The van der Waals surface area contributed by atoms with Crippen LogP contribution >= 0.6 is 11.6 Å². The molecule has 0 spiro atoms. The van der Waals surface area contributed by atoms with Crippen molar-refractivity contribution >= 4 is 33.6 Å². The zero-order valence-corrected chi connectivity index (χ0v) is 11.9. The van der Waals surface area contributed by atoms with Crippen LogP contribution in [0.25, 0.3) is 0 Å². The maximum atomic E-state index is 12.1. The molecule has 0 aromatic heterocycles. The topological polar surface area (TPSA) is 121 Å². The number of nitrogens with one attached hydrogen (secondary N) is 1. The van der Waals surface area contributed by atoms with Crippen LogP contribution in [0, 0.1) is 6.92 Å². The number of benzene rings is 1. The van der Waals surface area contributed by atoms with Gasteiger partial charge in [-0.3, -0.25) is 9.59 Å². The van der Waals surface area contributed by atoms with E-state index in [1.54, 1.807) is 0 Å². The van der Waals surface area contributed by atoms with Gasteiger partial charge >= 0.3 is 11.9 Å². The van der Waals surface area contributed by atoms with Gasteiger partial charge in [0.2, 0.25) is 10.0 Å². The van der Waals surface area contributed by atoms with Crippen LogP contribution in [0.1, 0.15) is 12.0 Å². The van der Waals surface area contributed by atoms with Crippen LogP contribution in [0.2, 0.25) is 5.02 Å². The van der Waals surface area contributed by atoms with Crippen LogP contribution in [-0.4, -0.2) is 36.6 Å². The first-order valence-corrected chi connectivity index (χ1v) is 7.23. The van der Waals surface area contributed by atoms with E-state index in [1.807, 2.05) is 4.72 Å². The molecule has 0 aliphatic heterocycles. The van der Waals surface area contributed by atoms with E-state index in [0.29, 0.717) is 0 Å². The van der Waals surface area contributed by atoms with Crippen molar-refractivity contribution in [3.05, 3.63) is 28.8 Å². The van der Waals surface area contributed by atoms with E-state index in [2.05, 4.69) is 0 Å². The Hall–Kier alpha value is -1.64. The van der Waals surface area contributed by atoms with Gasteiger partial charge in [0.25, 0.3) is 0 Å². The minimum Gasteiger partial charge on any atom is -0.481 e. The Morgan fingerprint density at radius 2 is 1.95 bits per heavy atom. The summed E-state index contributed by atoms with van der Waals surface area (Å²) in [6, 6.07) is 2.39. The highest BCUT2D eigenvalue weighted by atomic mass is 35.5. The number of rotatable bonds is 6. The van der Waals surface area contributed by atoms with Crippen LogP contribution < -0.4 is 4.72 Å². The first-order valence-electron chi connectivity index (χ1n) is 5.37. The molecule has 1 unspecified atom stereocenters. The van der Waals surface area contributed by atoms with Crippen LogP contribution in [0.4, 0.5) is 0 Å². The summed E-state index contributed by atoms with van der Waals surface area (Å²) in [6.07, 6.45) is -0.867. The largest absolute Gasteiger partial charge is 0.481 e. The van der Waals surface area contributed by atoms with Crippen molar-refractivity contribution in [2.75, 3.05) is 0 Å². The molecule has 0 aliphatic carbocycles. The molecule has 0 aliphatic rings. The third-order valence-corrected chi connectivity index (χ3v) is 4.51. The number of hydrogen-bond donors (Lipinski definition) is 3. The van der Waals surface area contributed by atoms with Crippen molar-refractivity contribution in [1.82, 2.24) is 4.72 Å². The summed E-state index contributed by atoms with van der Waals surface area (Å²) in [5.74, 6) is -3.00. The molecule has 1 aromatic rings. The lowest BCUT2D eigenvalue weighted by atomic mass is 10.2. The molecule has 0 fully saturated rings. The fraction of sp³-hybridized carbons (Fsp3) is 0.273. The van der Waals surface area contributed by atoms with Crippen molar-refractivity contribution < 1.29 is 28.2 Å². The average molecular weight is 322 g/mol. The smallest absolute Gasteiger partial charge is 0.322 e. The van der Waals surface area contributed by atoms with Crippen LogP contribution in [-0.2, 0) is 19.6 Å². The predicted octanol–water partition coefficient (Wildman–Crippen LogP) is 0.855. The van der Waals surface area contributed by atoms with Gasteiger partial charge in [-0.15, -0.1) is 0 Å². The molecule has 0 saturated heterocycles. The molecule has 0 bridgehead atoms. The molecule has 1 atom stereocenters. The van der Waals surface area contributed by atoms with Gasteiger partial charge in [0.1, 0.15) is 6.04 Å². The summed E-state index contributed by atoms with van der Waals surface area (Å²) in [5.41, 5.74) is 0.251. The summed E-state index contributed by atoms with van der Waals surface area (Å²) in [7, 11) is -4.18. The molecule has 20 heavy (non-hydrogen) atoms. The fourth-order valence-electron chi connectivity index (χ4n) is 1.48. The summed E-state index contributed by atoms with van der Waals surface area (Å²) in [4.78, 5) is 21.2. The average Bonchev–Trinajstić information content (AvgIpc) is 2.30. The number of hydrogen-bond acceptors (Lipinski definition) is 4. The third kappa shape index (κ3) is 3.92. The molecule has 9 heteroatoms. The first kappa shape index (κ1) is 16.4. The van der Waals surface area contributed by atoms with Gasteiger partial charge in [-0.05, 0) is 24.6 Å². The molecule has 3 N–H and O–H groups in total. The van der Waals surface area contributed by atoms with Gasteiger partial charge in [-0.2, -0.15) is 4.72 Å². The molecule has 0 saturated carbocycles. The second-order valence-electron chi connectivity index (χ2n) is 3.97. The monoisotopic (exact) mass is 321 g/mol. The van der Waals surface area contributed by atoms with Gasteiger partial charge in [-0.1, -0.05) is 17.7 Å². The number of aliphatic carboxylic acids is 2. The summed E-state index contributed by atoms with van der Waals surface area (Å²) < 4.78 is 26.0. The fourth-order valence-corrected chi connectivity index (χ4v) is 3.17. The molecular weight excluding hydrogens is 310 g/mol. The Morgan fingerprint density at radius 1 is 1.35 bits per heavy atom. The van der Waals surface area contributed by atoms with Gasteiger partial charge in [0.15, 0.2) is 0 Å². The highest BCUT2D eigenvalue weighted by Gasteiger charge is 2.28. The molecule has 0 radical (unpaired) electrons. The Balaban J connectivity index is 3.13. The van der Waals surface area contributed by atoms with Crippen molar-refractivity contribution in [2.24, 2.45) is 0 Å². The van der Waals surface area contributed by atoms with E-state index < -0.39 is 34.4 Å². The number of halogens is 1. The highest BCUT2D eigenvalue weighted by molar-refractivity contribution is 7.89. The zero-order chi connectivity index (χ0) is 15.5. The lowest BCUT2D eigenvalue weighted by Crippen LogP contribution is -2.42. The maximum Gasteiger partial charge on any atom is 0.322 e. The van der Waals surface area contributed by atoms with Crippen LogP contribution in [0.5, 0.6) is 0 Å². The predicted molar refractivity (Wildman–Crippen MR) is 70.2 cm³/mol. The van der Waals surface area contributed by atoms with E-state index in [0.717, 1.165) is 0 Å². The minimum absolute atomic E-state index is 0.193. The van der Waals surface area contributed by atoms with E-state index >= 15 is 0 Å². The summed E-state index contributed by atoms with van der Waals surface area (Å²) in [5, 5.41) is 17.6. The first-order chi connectivity index (χ1) is 9.15. The molecule has 7 nitrogen and oxygen atoms in total. The highest BCUT2D eigenvalue weighted by Crippen LogP contribution is 2.22. The number of sulfonamides is 1. The number of carbonyl (C=O) groups is 2. The zero-order valence-electron chi connectivity index (χ0n) is 10.3. The van der Waals surface area contributed by atoms with E-state index in [9.17, 15) is 18.0 Å². The van der Waals surface area contributed by atoms with Gasteiger partial charge in [0, 0.05) is 5.02 Å². The van der Waals surface area contributed by atoms with E-state index in [-0.39, 0.29) is 15.5 Å². The Labute approximate surface area is 120 Å². The second kappa shape index (κ2) is 6.21. The van der Waals surface area contributed by atoms with Crippen molar-refractivity contribution in [1.29, 1.82) is 0 Å². The molecule has 0 amide bonds. The standard InChI is InChI=1S/C11H12ClNO6S/c1-6-7(12)3-2-4-9(6)20(18,19)13-8(11(16)17)5-10(14)15/h2-4,8,13H,5H2,1H3,(H,14,15)(H,16,17). The molecule has 1 aromatic carbocycles. The molecule has 1 rings (SSSR count). The summed E-state index contributed by atoms with van der Waals surface area (Å²) in [6.45, 7) is 1.46. The molecular formula is C11H12ClNO6S.